The standard InChI is InChI=1S/C33H41NO8S/c1-8-41-25-11-10-20(16-26(25)37-4)21-14-23-31(24(35)15-21)30(22-17-27(38-5)32(40-7)28(18-22)39-6)29(19(3)34-23)33(36)42-12-13-43-9-2/h10-11,16-18,21,30,34H,8-9,12-15H2,1-7H3. The molecule has 1 aliphatic carbocycles. The number of benzene rings is 2. The number of Topliss-reactive ketones (excluding diaryl/α,β-unsaturated/α-hetero) is 1. The highest BCUT2D eigenvalue weighted by Crippen LogP contribution is 2.49. The number of hydrogen-bond acceptors (Lipinski definition) is 10. The van der Waals surface area contributed by atoms with Crippen LogP contribution in [0.2, 0.25) is 0 Å². The molecule has 9 nitrogen and oxygen atoms in total. The van der Waals surface area contributed by atoms with Crippen LogP contribution in [0.15, 0.2) is 52.9 Å². The number of rotatable bonds is 13. The second-order valence-corrected chi connectivity index (χ2v) is 11.5. The normalized spacial score (nSPS) is 18.1. The number of dihydropyridines is 1. The maximum atomic E-state index is 14.1. The van der Waals surface area contributed by atoms with E-state index in [1.54, 1.807) is 31.0 Å². The van der Waals surface area contributed by atoms with Crippen molar-refractivity contribution in [1.29, 1.82) is 0 Å². The van der Waals surface area contributed by atoms with Gasteiger partial charge in [-0.25, -0.2) is 4.79 Å². The summed E-state index contributed by atoms with van der Waals surface area (Å²) in [5.41, 5.74) is 4.01. The van der Waals surface area contributed by atoms with Gasteiger partial charge < -0.3 is 33.7 Å². The van der Waals surface area contributed by atoms with Crippen molar-refractivity contribution in [3.8, 4) is 28.7 Å². The Bertz CT molecular complexity index is 1390. The summed E-state index contributed by atoms with van der Waals surface area (Å²) in [6, 6.07) is 9.40. The van der Waals surface area contributed by atoms with Crippen LogP contribution in [0, 0.1) is 0 Å². The molecule has 2 atom stereocenters. The molecule has 0 radical (unpaired) electrons. The van der Waals surface area contributed by atoms with Crippen molar-refractivity contribution in [3.05, 3.63) is 64.0 Å². The van der Waals surface area contributed by atoms with Crippen LogP contribution in [0.5, 0.6) is 28.7 Å². The van der Waals surface area contributed by atoms with Crippen LogP contribution in [0.25, 0.3) is 0 Å². The van der Waals surface area contributed by atoms with Crippen molar-refractivity contribution in [2.75, 3.05) is 53.2 Å². The number of carbonyl (C=O) groups is 2. The van der Waals surface area contributed by atoms with Crippen LogP contribution in [-0.4, -0.2) is 64.9 Å². The van der Waals surface area contributed by atoms with E-state index in [0.29, 0.717) is 69.9 Å². The summed E-state index contributed by atoms with van der Waals surface area (Å²) in [6.45, 7) is 6.63. The van der Waals surface area contributed by atoms with E-state index in [-0.39, 0.29) is 24.7 Å². The fourth-order valence-corrected chi connectivity index (χ4v) is 6.26. The zero-order chi connectivity index (χ0) is 31.1. The smallest absolute Gasteiger partial charge is 0.336 e. The largest absolute Gasteiger partial charge is 0.493 e. The first-order valence-electron chi connectivity index (χ1n) is 14.4. The summed E-state index contributed by atoms with van der Waals surface area (Å²) in [4.78, 5) is 27.7. The summed E-state index contributed by atoms with van der Waals surface area (Å²) in [6.07, 6.45) is 0.846. The van der Waals surface area contributed by atoms with Crippen LogP contribution in [0.4, 0.5) is 0 Å². The first-order chi connectivity index (χ1) is 20.8. The third kappa shape index (κ3) is 6.74. The molecule has 1 aliphatic heterocycles. The van der Waals surface area contributed by atoms with E-state index in [1.807, 2.05) is 32.0 Å². The van der Waals surface area contributed by atoms with Gasteiger partial charge in [0.1, 0.15) is 6.61 Å². The molecule has 2 unspecified atom stereocenters. The SMILES string of the molecule is CCOc1ccc(C2CC(=O)C3=C(C2)NC(C)=C(C(=O)OCCSCC)C3c2cc(OC)c(OC)c(OC)c2)cc1OC. The predicted molar refractivity (Wildman–Crippen MR) is 167 cm³/mol. The molecule has 0 amide bonds. The molecule has 1 N–H and O–H groups in total. The maximum absolute atomic E-state index is 14.1. The molecule has 2 aromatic carbocycles. The third-order valence-corrected chi connectivity index (χ3v) is 8.56. The number of allylic oxidation sites excluding steroid dienone is 3. The van der Waals surface area contributed by atoms with Gasteiger partial charge in [-0.15, -0.1) is 0 Å². The van der Waals surface area contributed by atoms with Gasteiger partial charge in [0.15, 0.2) is 28.8 Å². The number of esters is 1. The van der Waals surface area contributed by atoms with E-state index in [9.17, 15) is 9.59 Å². The highest BCUT2D eigenvalue weighted by molar-refractivity contribution is 7.99. The van der Waals surface area contributed by atoms with Crippen molar-refractivity contribution >= 4 is 23.5 Å². The zero-order valence-electron chi connectivity index (χ0n) is 26.0. The maximum Gasteiger partial charge on any atom is 0.336 e. The molecule has 0 bridgehead atoms. The fraction of sp³-hybridized carbons (Fsp3) is 0.455. The average molecular weight is 612 g/mol. The van der Waals surface area contributed by atoms with E-state index in [2.05, 4.69) is 12.2 Å². The summed E-state index contributed by atoms with van der Waals surface area (Å²) in [7, 11) is 6.22. The molecular weight excluding hydrogens is 570 g/mol. The number of ether oxygens (including phenoxy) is 6. The van der Waals surface area contributed by atoms with Crippen LogP contribution >= 0.6 is 11.8 Å². The summed E-state index contributed by atoms with van der Waals surface area (Å²) in [5.74, 6) is 2.93. The van der Waals surface area contributed by atoms with Crippen molar-refractivity contribution in [2.24, 2.45) is 0 Å². The Kier molecular flexibility index (Phi) is 10.9. The monoisotopic (exact) mass is 611 g/mol. The lowest BCUT2D eigenvalue weighted by Gasteiger charge is -2.37. The molecule has 4 rings (SSSR count). The Balaban J connectivity index is 1.80. The second-order valence-electron chi connectivity index (χ2n) is 10.2. The molecule has 0 aromatic heterocycles. The average Bonchev–Trinajstić information content (AvgIpc) is 3.01. The van der Waals surface area contributed by atoms with Gasteiger partial charge in [0, 0.05) is 35.1 Å². The lowest BCUT2D eigenvalue weighted by molar-refractivity contribution is -0.138. The minimum Gasteiger partial charge on any atom is -0.493 e. The minimum absolute atomic E-state index is 0.0512. The van der Waals surface area contributed by atoms with Gasteiger partial charge in [-0.05, 0) is 67.3 Å². The molecule has 10 heteroatoms. The molecule has 2 aliphatic rings. The molecule has 0 saturated carbocycles. The topological polar surface area (TPSA) is 102 Å². The Morgan fingerprint density at radius 3 is 2.19 bits per heavy atom. The van der Waals surface area contributed by atoms with Crippen LogP contribution in [-0.2, 0) is 14.3 Å². The second kappa shape index (κ2) is 14.6. The predicted octanol–water partition coefficient (Wildman–Crippen LogP) is 5.78. The lowest BCUT2D eigenvalue weighted by Crippen LogP contribution is -2.36. The van der Waals surface area contributed by atoms with Gasteiger partial charge in [0.2, 0.25) is 5.75 Å². The first-order valence-corrected chi connectivity index (χ1v) is 15.6. The van der Waals surface area contributed by atoms with Crippen LogP contribution < -0.4 is 29.0 Å². The van der Waals surface area contributed by atoms with E-state index in [0.717, 1.165) is 17.0 Å². The number of ketones is 1. The summed E-state index contributed by atoms with van der Waals surface area (Å²) < 4.78 is 33.8. The van der Waals surface area contributed by atoms with E-state index >= 15 is 0 Å². The van der Waals surface area contributed by atoms with Crippen molar-refractivity contribution in [2.45, 2.75) is 45.4 Å². The van der Waals surface area contributed by atoms with Crippen molar-refractivity contribution in [3.63, 3.8) is 0 Å². The van der Waals surface area contributed by atoms with E-state index in [1.165, 1.54) is 21.3 Å². The number of methoxy groups -OCH3 is 4. The summed E-state index contributed by atoms with van der Waals surface area (Å²) in [5, 5.41) is 3.41. The molecule has 0 spiro atoms. The number of thioether (sulfide) groups is 1. The highest BCUT2D eigenvalue weighted by atomic mass is 32.2. The van der Waals surface area contributed by atoms with E-state index in [4.69, 9.17) is 28.4 Å². The number of carbonyl (C=O) groups excluding carboxylic acids is 2. The first kappa shape index (κ1) is 32.1. The molecule has 43 heavy (non-hydrogen) atoms. The minimum atomic E-state index is -0.681. The van der Waals surface area contributed by atoms with Crippen molar-refractivity contribution < 1.29 is 38.0 Å². The van der Waals surface area contributed by atoms with Gasteiger partial charge in [-0.2, -0.15) is 11.8 Å². The Labute approximate surface area is 257 Å². The zero-order valence-corrected chi connectivity index (χ0v) is 26.8. The van der Waals surface area contributed by atoms with Gasteiger partial charge in [-0.1, -0.05) is 13.0 Å². The Morgan fingerprint density at radius 1 is 0.907 bits per heavy atom. The van der Waals surface area contributed by atoms with Gasteiger partial charge >= 0.3 is 5.97 Å². The fourth-order valence-electron chi connectivity index (χ4n) is 5.77. The van der Waals surface area contributed by atoms with Crippen LogP contribution in [0.1, 0.15) is 56.6 Å². The molecule has 0 fully saturated rings. The molecule has 0 saturated heterocycles. The number of nitrogens with one attached hydrogen (secondary N) is 1. The molecule has 2 aromatic rings. The van der Waals surface area contributed by atoms with Crippen LogP contribution in [0.3, 0.4) is 0 Å². The summed E-state index contributed by atoms with van der Waals surface area (Å²) >= 11 is 1.70. The lowest BCUT2D eigenvalue weighted by atomic mass is 9.71. The quantitative estimate of drug-likeness (QED) is 0.222. The third-order valence-electron chi connectivity index (χ3n) is 7.69. The molecule has 1 heterocycles. The van der Waals surface area contributed by atoms with Gasteiger partial charge in [0.25, 0.3) is 0 Å². The van der Waals surface area contributed by atoms with Crippen molar-refractivity contribution in [1.82, 2.24) is 5.32 Å². The van der Waals surface area contributed by atoms with Gasteiger partial charge in [0.05, 0.1) is 40.6 Å². The number of hydrogen-bond donors (Lipinski definition) is 1. The highest BCUT2D eigenvalue weighted by Gasteiger charge is 2.42. The Morgan fingerprint density at radius 2 is 1.58 bits per heavy atom. The Hall–Kier alpha value is -3.79. The molecular formula is C33H41NO8S. The van der Waals surface area contributed by atoms with E-state index < -0.39 is 11.9 Å². The van der Waals surface area contributed by atoms with Gasteiger partial charge in [-0.3, -0.25) is 4.79 Å². The molecule has 232 valence electrons.